The summed E-state index contributed by atoms with van der Waals surface area (Å²) in [6, 6.07) is 9.74. The minimum absolute atomic E-state index is 0.293. The van der Waals surface area contributed by atoms with E-state index in [1.54, 1.807) is 6.20 Å². The number of nitrogens with zero attached hydrogens (tertiary/aromatic N) is 1. The van der Waals surface area contributed by atoms with E-state index < -0.39 is 0 Å². The number of hydrogen-bond donors (Lipinski definition) is 2. The Morgan fingerprint density at radius 3 is 2.89 bits per heavy atom. The molecule has 0 fully saturated rings. The predicted molar refractivity (Wildman–Crippen MR) is 82.3 cm³/mol. The van der Waals surface area contributed by atoms with Gasteiger partial charge in [0.25, 0.3) is 0 Å². The Morgan fingerprint density at radius 2 is 2.17 bits per heavy atom. The lowest BCUT2D eigenvalue weighted by Crippen LogP contribution is -2.11. The number of nitrogens with one attached hydrogen (secondary N) is 1. The molecule has 92 valence electrons. The molecule has 0 unspecified atom stereocenters. The van der Waals surface area contributed by atoms with Crippen molar-refractivity contribution in [2.45, 2.75) is 6.92 Å². The lowest BCUT2D eigenvalue weighted by Gasteiger charge is -2.10. The van der Waals surface area contributed by atoms with Gasteiger partial charge in [-0.05, 0) is 46.6 Å². The van der Waals surface area contributed by atoms with Crippen LogP contribution in [-0.4, -0.2) is 9.97 Å². The van der Waals surface area contributed by atoms with E-state index in [0.717, 1.165) is 15.8 Å². The Bertz CT molecular complexity index is 599. The zero-order valence-electron chi connectivity index (χ0n) is 9.77. The molecule has 2 aromatic rings. The number of pyridine rings is 1. The number of aromatic nitrogens is 1. The van der Waals surface area contributed by atoms with Crippen LogP contribution in [0.1, 0.15) is 11.3 Å². The maximum Gasteiger partial charge on any atom is 0.122 e. The quantitative estimate of drug-likeness (QED) is 0.849. The molecule has 0 aliphatic heterocycles. The van der Waals surface area contributed by atoms with Crippen LogP contribution < -0.4 is 11.1 Å². The number of benzene rings is 1. The van der Waals surface area contributed by atoms with Crippen LogP contribution in [0.25, 0.3) is 0 Å². The minimum atomic E-state index is 0.293. The van der Waals surface area contributed by atoms with Crippen molar-refractivity contribution in [3.63, 3.8) is 0 Å². The summed E-state index contributed by atoms with van der Waals surface area (Å²) in [4.78, 5) is 4.40. The van der Waals surface area contributed by atoms with E-state index in [1.807, 2.05) is 37.3 Å². The van der Waals surface area contributed by atoms with Gasteiger partial charge < -0.3 is 11.1 Å². The molecule has 0 saturated carbocycles. The summed E-state index contributed by atoms with van der Waals surface area (Å²) in [5.74, 6) is 0. The Kier molecular flexibility index (Phi) is 3.93. The van der Waals surface area contributed by atoms with Gasteiger partial charge in [-0.2, -0.15) is 0 Å². The second-order valence-electron chi connectivity index (χ2n) is 3.86. The zero-order chi connectivity index (χ0) is 13.1. The van der Waals surface area contributed by atoms with Crippen LogP contribution in [0.3, 0.4) is 0 Å². The first-order chi connectivity index (χ1) is 8.58. The zero-order valence-corrected chi connectivity index (χ0v) is 12.2. The summed E-state index contributed by atoms with van der Waals surface area (Å²) in [6.07, 6.45) is 1.68. The van der Waals surface area contributed by atoms with Crippen molar-refractivity contribution in [3.8, 4) is 0 Å². The molecule has 0 aliphatic carbocycles. The number of aryl methyl sites for hydroxylation is 1. The van der Waals surface area contributed by atoms with E-state index in [1.165, 1.54) is 5.56 Å². The standard InChI is InChI=1S/C13H12BrN3S/c1-8-3-2-4-10(12(8)14)17-9-5-6-16-11(7-9)13(15)18/h2-7H,1H3,(H2,15,18)(H,16,17). The summed E-state index contributed by atoms with van der Waals surface area (Å²) in [5, 5.41) is 3.31. The fourth-order valence-corrected chi connectivity index (χ4v) is 2.02. The molecule has 1 heterocycles. The van der Waals surface area contributed by atoms with Crippen molar-refractivity contribution in [1.29, 1.82) is 0 Å². The number of rotatable bonds is 3. The van der Waals surface area contributed by atoms with Crippen LogP contribution >= 0.6 is 28.1 Å². The van der Waals surface area contributed by atoms with Crippen molar-refractivity contribution >= 4 is 44.5 Å². The largest absolute Gasteiger partial charge is 0.388 e. The van der Waals surface area contributed by atoms with Gasteiger partial charge in [0.15, 0.2) is 0 Å². The van der Waals surface area contributed by atoms with Crippen LogP contribution in [-0.2, 0) is 0 Å². The summed E-state index contributed by atoms with van der Waals surface area (Å²) in [7, 11) is 0. The monoisotopic (exact) mass is 321 g/mol. The Balaban J connectivity index is 2.31. The molecule has 0 amide bonds. The molecule has 1 aromatic carbocycles. The van der Waals surface area contributed by atoms with Crippen molar-refractivity contribution in [3.05, 3.63) is 52.3 Å². The number of thiocarbonyl (C=S) groups is 1. The van der Waals surface area contributed by atoms with E-state index in [4.69, 9.17) is 18.0 Å². The second kappa shape index (κ2) is 5.46. The topological polar surface area (TPSA) is 50.9 Å². The van der Waals surface area contributed by atoms with Crippen molar-refractivity contribution < 1.29 is 0 Å². The normalized spacial score (nSPS) is 10.1. The highest BCUT2D eigenvalue weighted by molar-refractivity contribution is 9.10. The van der Waals surface area contributed by atoms with Crippen LogP contribution in [0.4, 0.5) is 11.4 Å². The fraction of sp³-hybridized carbons (Fsp3) is 0.0769. The number of nitrogens with two attached hydrogens (primary N) is 1. The molecule has 0 aliphatic rings. The van der Waals surface area contributed by atoms with Crippen molar-refractivity contribution in [2.24, 2.45) is 5.73 Å². The van der Waals surface area contributed by atoms with E-state index in [9.17, 15) is 0 Å². The van der Waals surface area contributed by atoms with Gasteiger partial charge in [0.1, 0.15) is 4.99 Å². The number of hydrogen-bond acceptors (Lipinski definition) is 3. The van der Waals surface area contributed by atoms with Crippen LogP contribution in [0, 0.1) is 6.92 Å². The third kappa shape index (κ3) is 2.86. The maximum atomic E-state index is 5.56. The summed E-state index contributed by atoms with van der Waals surface area (Å²) in [5.41, 5.74) is 9.24. The Morgan fingerprint density at radius 1 is 1.39 bits per heavy atom. The Hall–Kier alpha value is -1.46. The van der Waals surface area contributed by atoms with E-state index >= 15 is 0 Å². The molecule has 1 aromatic heterocycles. The lowest BCUT2D eigenvalue weighted by atomic mass is 10.2. The van der Waals surface area contributed by atoms with Gasteiger partial charge in [-0.25, -0.2) is 0 Å². The molecule has 5 heteroatoms. The third-order valence-electron chi connectivity index (χ3n) is 2.48. The molecule has 0 bridgehead atoms. The Labute approximate surface area is 120 Å². The van der Waals surface area contributed by atoms with Crippen LogP contribution in [0.5, 0.6) is 0 Å². The first kappa shape index (κ1) is 13.0. The number of anilines is 2. The first-order valence-electron chi connectivity index (χ1n) is 5.36. The lowest BCUT2D eigenvalue weighted by molar-refractivity contribution is 1.29. The summed E-state index contributed by atoms with van der Waals surface area (Å²) >= 11 is 8.47. The van der Waals surface area contributed by atoms with E-state index in [0.29, 0.717) is 10.7 Å². The SMILES string of the molecule is Cc1cccc(Nc2ccnc(C(N)=S)c2)c1Br. The average Bonchev–Trinajstić information content (AvgIpc) is 2.35. The van der Waals surface area contributed by atoms with E-state index in [-0.39, 0.29) is 0 Å². The van der Waals surface area contributed by atoms with Crippen molar-refractivity contribution in [1.82, 2.24) is 4.98 Å². The summed E-state index contributed by atoms with van der Waals surface area (Å²) < 4.78 is 1.04. The van der Waals surface area contributed by atoms with Gasteiger partial charge in [-0.3, -0.25) is 4.98 Å². The molecule has 3 N–H and O–H groups in total. The molecule has 0 spiro atoms. The molecule has 0 radical (unpaired) electrons. The van der Waals surface area contributed by atoms with E-state index in [2.05, 4.69) is 26.2 Å². The van der Waals surface area contributed by atoms with Gasteiger partial charge in [-0.1, -0.05) is 24.4 Å². The minimum Gasteiger partial charge on any atom is -0.388 e. The molecule has 0 saturated heterocycles. The highest BCUT2D eigenvalue weighted by Gasteiger charge is 2.04. The van der Waals surface area contributed by atoms with Gasteiger partial charge in [0.2, 0.25) is 0 Å². The summed E-state index contributed by atoms with van der Waals surface area (Å²) in [6.45, 7) is 2.04. The molecule has 18 heavy (non-hydrogen) atoms. The molecular weight excluding hydrogens is 310 g/mol. The maximum absolute atomic E-state index is 5.56. The van der Waals surface area contributed by atoms with Crippen LogP contribution in [0.15, 0.2) is 41.0 Å². The second-order valence-corrected chi connectivity index (χ2v) is 5.09. The van der Waals surface area contributed by atoms with Gasteiger partial charge in [0, 0.05) is 16.4 Å². The van der Waals surface area contributed by atoms with Gasteiger partial charge >= 0.3 is 0 Å². The first-order valence-corrected chi connectivity index (χ1v) is 6.56. The average molecular weight is 322 g/mol. The highest BCUT2D eigenvalue weighted by atomic mass is 79.9. The highest BCUT2D eigenvalue weighted by Crippen LogP contribution is 2.28. The molecule has 2 rings (SSSR count). The van der Waals surface area contributed by atoms with Crippen molar-refractivity contribution in [2.75, 3.05) is 5.32 Å². The third-order valence-corrected chi connectivity index (χ3v) is 3.74. The smallest absolute Gasteiger partial charge is 0.122 e. The fourth-order valence-electron chi connectivity index (χ4n) is 1.54. The number of halogens is 1. The predicted octanol–water partition coefficient (Wildman–Crippen LogP) is 3.53. The van der Waals surface area contributed by atoms with Gasteiger partial charge in [0.05, 0.1) is 11.4 Å². The molecular formula is C13H12BrN3S. The molecule has 3 nitrogen and oxygen atoms in total. The van der Waals surface area contributed by atoms with Crippen LogP contribution in [0.2, 0.25) is 0 Å². The molecule has 0 atom stereocenters. The van der Waals surface area contributed by atoms with Gasteiger partial charge in [-0.15, -0.1) is 0 Å².